The zero-order valence-electron chi connectivity index (χ0n) is 13.9. The number of terminal acetylenes is 1. The molecule has 0 saturated heterocycles. The normalized spacial score (nSPS) is 28.3. The highest BCUT2D eigenvalue weighted by molar-refractivity contribution is 5.45. The fraction of sp³-hybridized carbons (Fsp3) is 0.600. The summed E-state index contributed by atoms with van der Waals surface area (Å²) in [5.74, 6) is 4.60. The fourth-order valence-electron chi connectivity index (χ4n) is 3.79. The van der Waals surface area contributed by atoms with Crippen molar-refractivity contribution in [1.82, 2.24) is 0 Å². The van der Waals surface area contributed by atoms with E-state index in [0.29, 0.717) is 18.8 Å². The smallest absolute Gasteiger partial charge is 0.161 e. The number of benzene rings is 1. The van der Waals surface area contributed by atoms with E-state index in [1.165, 1.54) is 12.8 Å². The average molecular weight is 314 g/mol. The summed E-state index contributed by atoms with van der Waals surface area (Å²) in [6, 6.07) is 5.83. The van der Waals surface area contributed by atoms with E-state index in [1.807, 2.05) is 18.2 Å². The molecule has 0 aromatic heterocycles. The first-order valence-electron chi connectivity index (χ1n) is 8.68. The molecule has 23 heavy (non-hydrogen) atoms. The number of ether oxygens (including phenoxy) is 2. The number of aliphatic hydroxyl groups is 1. The van der Waals surface area contributed by atoms with Crippen LogP contribution < -0.4 is 9.47 Å². The summed E-state index contributed by atoms with van der Waals surface area (Å²) >= 11 is 0. The first kappa shape index (κ1) is 16.2. The Bertz CT molecular complexity index is 573. The van der Waals surface area contributed by atoms with Gasteiger partial charge in [0.1, 0.15) is 0 Å². The fourth-order valence-corrected chi connectivity index (χ4v) is 3.79. The molecular formula is C20H26O3. The maximum absolute atomic E-state index is 11.0. The molecule has 0 amide bonds. The summed E-state index contributed by atoms with van der Waals surface area (Å²) in [5, 5.41) is 11.0. The second-order valence-corrected chi connectivity index (χ2v) is 6.86. The van der Waals surface area contributed by atoms with Crippen molar-refractivity contribution in [1.29, 1.82) is 0 Å². The molecule has 124 valence electrons. The van der Waals surface area contributed by atoms with Crippen molar-refractivity contribution in [3.63, 3.8) is 0 Å². The van der Waals surface area contributed by atoms with Gasteiger partial charge in [-0.05, 0) is 69.1 Å². The molecule has 2 aliphatic rings. The molecule has 2 saturated carbocycles. The van der Waals surface area contributed by atoms with Crippen LogP contribution in [0.15, 0.2) is 18.2 Å². The molecule has 3 nitrogen and oxygen atoms in total. The second kappa shape index (κ2) is 6.84. The molecule has 0 unspecified atom stereocenters. The van der Waals surface area contributed by atoms with Crippen LogP contribution >= 0.6 is 0 Å². The molecule has 3 rings (SSSR count). The van der Waals surface area contributed by atoms with E-state index in [9.17, 15) is 5.11 Å². The highest BCUT2D eigenvalue weighted by Crippen LogP contribution is 2.42. The minimum absolute atomic E-state index is 0.269. The monoisotopic (exact) mass is 314 g/mol. The van der Waals surface area contributed by atoms with Gasteiger partial charge in [0.05, 0.1) is 18.8 Å². The van der Waals surface area contributed by atoms with Crippen molar-refractivity contribution in [3.05, 3.63) is 23.8 Å². The number of rotatable bonds is 4. The molecule has 0 spiro atoms. The lowest BCUT2D eigenvalue weighted by Crippen LogP contribution is -2.31. The van der Waals surface area contributed by atoms with E-state index in [0.717, 1.165) is 42.7 Å². The third-order valence-electron chi connectivity index (χ3n) is 5.35. The van der Waals surface area contributed by atoms with Crippen LogP contribution in [-0.2, 0) is 5.60 Å². The minimum Gasteiger partial charge on any atom is -0.493 e. The van der Waals surface area contributed by atoms with Crippen molar-refractivity contribution in [2.24, 2.45) is 5.92 Å². The molecule has 0 bridgehead atoms. The summed E-state index contributed by atoms with van der Waals surface area (Å²) in [5.41, 5.74) is 0.120. The number of hydrogen-bond acceptors (Lipinski definition) is 3. The summed E-state index contributed by atoms with van der Waals surface area (Å²) in [6.07, 6.45) is 13.6. The Balaban J connectivity index is 1.81. The van der Waals surface area contributed by atoms with Crippen LogP contribution in [0.5, 0.6) is 11.5 Å². The highest BCUT2D eigenvalue weighted by Gasteiger charge is 2.35. The third kappa shape index (κ3) is 3.48. The van der Waals surface area contributed by atoms with Crippen LogP contribution in [0.3, 0.4) is 0 Å². The molecule has 0 aliphatic heterocycles. The van der Waals surface area contributed by atoms with E-state index in [1.54, 1.807) is 7.11 Å². The van der Waals surface area contributed by atoms with Gasteiger partial charge < -0.3 is 14.6 Å². The summed E-state index contributed by atoms with van der Waals surface area (Å²) in [6.45, 7) is 0. The van der Waals surface area contributed by atoms with Crippen LogP contribution in [0.2, 0.25) is 0 Å². The van der Waals surface area contributed by atoms with Gasteiger partial charge in [0.25, 0.3) is 0 Å². The summed E-state index contributed by atoms with van der Waals surface area (Å²) in [4.78, 5) is 0. The lowest BCUT2D eigenvalue weighted by Gasteiger charge is -2.35. The van der Waals surface area contributed by atoms with E-state index >= 15 is 0 Å². The van der Waals surface area contributed by atoms with E-state index < -0.39 is 5.60 Å². The maximum atomic E-state index is 11.0. The number of methoxy groups -OCH3 is 1. The van der Waals surface area contributed by atoms with E-state index in [-0.39, 0.29) is 6.10 Å². The maximum Gasteiger partial charge on any atom is 0.161 e. The Kier molecular flexibility index (Phi) is 4.82. The highest BCUT2D eigenvalue weighted by atomic mass is 16.5. The predicted molar refractivity (Wildman–Crippen MR) is 90.6 cm³/mol. The van der Waals surface area contributed by atoms with E-state index in [4.69, 9.17) is 15.9 Å². The van der Waals surface area contributed by atoms with Crippen LogP contribution in [0.1, 0.15) is 56.9 Å². The minimum atomic E-state index is -0.798. The van der Waals surface area contributed by atoms with Crippen LogP contribution in [0, 0.1) is 18.3 Å². The molecule has 2 fully saturated rings. The largest absolute Gasteiger partial charge is 0.493 e. The standard InChI is InChI=1S/C20H26O3/c1-3-15-10-12-20(21,13-11-15)16-8-9-18(22-2)19(14-16)23-17-6-4-5-7-17/h1,8-9,14-15,17,21H,4-7,10-13H2,2H3. The Hall–Kier alpha value is -1.66. The second-order valence-electron chi connectivity index (χ2n) is 6.86. The van der Waals surface area contributed by atoms with Gasteiger partial charge in [-0.25, -0.2) is 0 Å². The van der Waals surface area contributed by atoms with Crippen molar-refractivity contribution < 1.29 is 14.6 Å². The van der Waals surface area contributed by atoms with Gasteiger partial charge >= 0.3 is 0 Å². The molecule has 1 aromatic rings. The van der Waals surface area contributed by atoms with Crippen molar-refractivity contribution in [2.75, 3.05) is 7.11 Å². The van der Waals surface area contributed by atoms with Crippen LogP contribution in [0.25, 0.3) is 0 Å². The van der Waals surface area contributed by atoms with Crippen molar-refractivity contribution >= 4 is 0 Å². The SMILES string of the molecule is C#CC1CCC(O)(c2ccc(OC)c(OC3CCCC3)c2)CC1. The van der Waals surface area contributed by atoms with Gasteiger partial charge in [0, 0.05) is 5.92 Å². The Labute approximate surface area is 139 Å². The molecule has 0 radical (unpaired) electrons. The first-order valence-corrected chi connectivity index (χ1v) is 8.68. The van der Waals surface area contributed by atoms with Gasteiger partial charge in [-0.1, -0.05) is 6.07 Å². The van der Waals surface area contributed by atoms with Gasteiger partial charge in [-0.3, -0.25) is 0 Å². The van der Waals surface area contributed by atoms with Crippen molar-refractivity contribution in [2.45, 2.75) is 63.1 Å². The van der Waals surface area contributed by atoms with Gasteiger partial charge in [0.2, 0.25) is 0 Å². The Morgan fingerprint density at radius 3 is 2.43 bits per heavy atom. The van der Waals surface area contributed by atoms with Crippen LogP contribution in [-0.4, -0.2) is 18.3 Å². The van der Waals surface area contributed by atoms with E-state index in [2.05, 4.69) is 5.92 Å². The molecular weight excluding hydrogens is 288 g/mol. The molecule has 0 atom stereocenters. The Morgan fingerprint density at radius 1 is 1.13 bits per heavy atom. The van der Waals surface area contributed by atoms with Crippen LogP contribution in [0.4, 0.5) is 0 Å². The van der Waals surface area contributed by atoms with Gasteiger partial charge in [-0.15, -0.1) is 12.3 Å². The molecule has 3 heteroatoms. The third-order valence-corrected chi connectivity index (χ3v) is 5.35. The summed E-state index contributed by atoms with van der Waals surface area (Å²) in [7, 11) is 1.66. The number of hydrogen-bond donors (Lipinski definition) is 1. The lowest BCUT2D eigenvalue weighted by molar-refractivity contribution is -0.00822. The van der Waals surface area contributed by atoms with Gasteiger partial charge in [0.15, 0.2) is 11.5 Å². The topological polar surface area (TPSA) is 38.7 Å². The zero-order chi connectivity index (χ0) is 16.3. The molecule has 1 aromatic carbocycles. The average Bonchev–Trinajstić information content (AvgIpc) is 3.08. The molecule has 1 N–H and O–H groups in total. The summed E-state index contributed by atoms with van der Waals surface area (Å²) < 4.78 is 11.6. The first-order chi connectivity index (χ1) is 11.1. The predicted octanol–water partition coefficient (Wildman–Crippen LogP) is 4.03. The molecule has 0 heterocycles. The lowest BCUT2D eigenvalue weighted by atomic mass is 9.75. The quantitative estimate of drug-likeness (QED) is 0.853. The molecule has 2 aliphatic carbocycles. The van der Waals surface area contributed by atoms with Crippen molar-refractivity contribution in [3.8, 4) is 23.8 Å². The zero-order valence-corrected chi connectivity index (χ0v) is 13.9. The Morgan fingerprint density at radius 2 is 1.83 bits per heavy atom. The van der Waals surface area contributed by atoms with Gasteiger partial charge in [-0.2, -0.15) is 0 Å².